The molecule has 0 aliphatic carbocycles. The van der Waals surface area contributed by atoms with Gasteiger partial charge in [-0.3, -0.25) is 0 Å². The summed E-state index contributed by atoms with van der Waals surface area (Å²) in [4.78, 5) is 22.1. The second-order valence-electron chi connectivity index (χ2n) is 6.91. The summed E-state index contributed by atoms with van der Waals surface area (Å²) in [5.74, 6) is 0. The van der Waals surface area contributed by atoms with E-state index in [9.17, 15) is 18.0 Å². The molecular weight excluding hydrogens is 415 g/mol. The van der Waals surface area contributed by atoms with Crippen molar-refractivity contribution in [3.05, 3.63) is 70.3 Å². The van der Waals surface area contributed by atoms with Crippen LogP contribution in [0.5, 0.6) is 0 Å². The summed E-state index contributed by atoms with van der Waals surface area (Å²) in [7, 11) is 0. The van der Waals surface area contributed by atoms with Crippen LogP contribution < -0.4 is 16.7 Å². The predicted octanol–water partition coefficient (Wildman–Crippen LogP) is 3.98. The highest BCUT2D eigenvalue weighted by Crippen LogP contribution is 2.31. The lowest BCUT2D eigenvalue weighted by molar-refractivity contribution is -0.137. The number of H-pyrrole nitrogens is 2. The van der Waals surface area contributed by atoms with Crippen molar-refractivity contribution >= 4 is 27.5 Å². The van der Waals surface area contributed by atoms with E-state index in [4.69, 9.17) is 5.73 Å². The molecular formula is C20H18F3N5OS. The molecule has 4 aromatic rings. The van der Waals surface area contributed by atoms with E-state index in [1.165, 1.54) is 23.5 Å². The van der Waals surface area contributed by atoms with Crippen molar-refractivity contribution in [1.29, 1.82) is 0 Å². The van der Waals surface area contributed by atoms with E-state index >= 15 is 0 Å². The number of rotatable bonds is 6. The summed E-state index contributed by atoms with van der Waals surface area (Å²) in [5.41, 5.74) is 8.32. The van der Waals surface area contributed by atoms with Gasteiger partial charge in [0.25, 0.3) is 0 Å². The first kappa shape index (κ1) is 20.2. The summed E-state index contributed by atoms with van der Waals surface area (Å²) < 4.78 is 37.9. The van der Waals surface area contributed by atoms with E-state index in [2.05, 4.69) is 20.3 Å². The van der Waals surface area contributed by atoms with Crippen LogP contribution >= 0.6 is 11.3 Å². The maximum absolute atomic E-state index is 12.6. The second-order valence-corrected chi connectivity index (χ2v) is 7.94. The SMILES string of the molecule is N[C@H](CNc1ncc(-c2ccc3[nH]c(=O)[nH]c3c2)s1)Cc1ccc(C(F)(F)F)cc1. The number of nitrogens with one attached hydrogen (secondary N) is 3. The fourth-order valence-corrected chi connectivity index (χ4v) is 3.92. The maximum Gasteiger partial charge on any atom is 0.416 e. The fourth-order valence-electron chi connectivity index (χ4n) is 3.10. The lowest BCUT2D eigenvalue weighted by atomic mass is 10.0. The Morgan fingerprint density at radius 1 is 1.10 bits per heavy atom. The highest BCUT2D eigenvalue weighted by molar-refractivity contribution is 7.18. The number of fused-ring (bicyclic) bond motifs is 1. The smallest absolute Gasteiger partial charge is 0.360 e. The molecule has 2 heterocycles. The zero-order valence-corrected chi connectivity index (χ0v) is 16.4. The van der Waals surface area contributed by atoms with Gasteiger partial charge in [-0.05, 0) is 41.8 Å². The number of imidazole rings is 1. The number of hydrogen-bond donors (Lipinski definition) is 4. The molecule has 5 N–H and O–H groups in total. The Labute approximate surface area is 173 Å². The molecule has 0 bridgehead atoms. The zero-order valence-electron chi connectivity index (χ0n) is 15.6. The molecule has 0 saturated carbocycles. The molecule has 0 aliphatic rings. The van der Waals surface area contributed by atoms with Gasteiger partial charge >= 0.3 is 11.9 Å². The Balaban J connectivity index is 1.36. The Morgan fingerprint density at radius 2 is 1.83 bits per heavy atom. The summed E-state index contributed by atoms with van der Waals surface area (Å²) in [5, 5.41) is 3.86. The van der Waals surface area contributed by atoms with E-state index in [1.54, 1.807) is 6.20 Å². The van der Waals surface area contributed by atoms with Gasteiger partial charge in [0, 0.05) is 18.8 Å². The van der Waals surface area contributed by atoms with Gasteiger partial charge in [0.05, 0.1) is 21.5 Å². The molecule has 0 aliphatic heterocycles. The van der Waals surface area contributed by atoms with Crippen LogP contribution in [0.3, 0.4) is 0 Å². The van der Waals surface area contributed by atoms with Gasteiger partial charge in [0.15, 0.2) is 5.13 Å². The van der Waals surface area contributed by atoms with Crippen LogP contribution in [-0.4, -0.2) is 27.5 Å². The van der Waals surface area contributed by atoms with Gasteiger partial charge in [0.2, 0.25) is 0 Å². The average Bonchev–Trinajstić information content (AvgIpc) is 3.31. The number of hydrogen-bond acceptors (Lipinski definition) is 5. The molecule has 1 atom stereocenters. The van der Waals surface area contributed by atoms with Gasteiger partial charge in [0.1, 0.15) is 0 Å². The largest absolute Gasteiger partial charge is 0.416 e. The van der Waals surface area contributed by atoms with Gasteiger partial charge in [-0.1, -0.05) is 29.5 Å². The van der Waals surface area contributed by atoms with E-state index in [1.807, 2.05) is 18.2 Å². The molecule has 2 aromatic heterocycles. The molecule has 30 heavy (non-hydrogen) atoms. The van der Waals surface area contributed by atoms with Gasteiger partial charge < -0.3 is 21.0 Å². The summed E-state index contributed by atoms with van der Waals surface area (Å²) in [6.07, 6.45) is -2.16. The third-order valence-corrected chi connectivity index (χ3v) is 5.60. The topological polar surface area (TPSA) is 99.6 Å². The van der Waals surface area contributed by atoms with Gasteiger partial charge in [-0.2, -0.15) is 13.2 Å². The highest BCUT2D eigenvalue weighted by Gasteiger charge is 2.29. The minimum Gasteiger partial charge on any atom is -0.360 e. The first-order chi connectivity index (χ1) is 14.3. The number of aromatic nitrogens is 3. The lowest BCUT2D eigenvalue weighted by Gasteiger charge is -2.13. The van der Waals surface area contributed by atoms with Crippen molar-refractivity contribution in [3.8, 4) is 10.4 Å². The minimum absolute atomic E-state index is 0.254. The molecule has 0 spiro atoms. The van der Waals surface area contributed by atoms with Gasteiger partial charge in [-0.25, -0.2) is 9.78 Å². The normalized spacial score (nSPS) is 12.9. The summed E-state index contributed by atoms with van der Waals surface area (Å²) >= 11 is 1.45. The van der Waals surface area contributed by atoms with Crippen LogP contribution in [0.25, 0.3) is 21.5 Å². The Kier molecular flexibility index (Phi) is 5.35. The molecule has 0 unspecified atom stereocenters. The maximum atomic E-state index is 12.6. The number of anilines is 1. The quantitative estimate of drug-likeness (QED) is 0.370. The molecule has 0 radical (unpaired) electrons. The van der Waals surface area contributed by atoms with Crippen LogP contribution in [0.15, 0.2) is 53.5 Å². The van der Waals surface area contributed by atoms with Crippen molar-refractivity contribution in [2.75, 3.05) is 11.9 Å². The van der Waals surface area contributed by atoms with E-state index in [0.29, 0.717) is 18.1 Å². The van der Waals surface area contributed by atoms with Crippen molar-refractivity contribution in [3.63, 3.8) is 0 Å². The first-order valence-electron chi connectivity index (χ1n) is 9.12. The van der Waals surface area contributed by atoms with Crippen LogP contribution in [-0.2, 0) is 12.6 Å². The zero-order chi connectivity index (χ0) is 21.3. The first-order valence-corrected chi connectivity index (χ1v) is 9.93. The molecule has 0 fully saturated rings. The highest BCUT2D eigenvalue weighted by atomic mass is 32.1. The molecule has 0 saturated heterocycles. The molecule has 0 amide bonds. The van der Waals surface area contributed by atoms with Gasteiger partial charge in [-0.15, -0.1) is 0 Å². The van der Waals surface area contributed by atoms with Crippen molar-refractivity contribution in [2.24, 2.45) is 5.73 Å². The molecule has 6 nitrogen and oxygen atoms in total. The number of benzene rings is 2. The molecule has 4 rings (SSSR count). The number of nitrogens with two attached hydrogens (primary N) is 1. The monoisotopic (exact) mass is 433 g/mol. The average molecular weight is 433 g/mol. The van der Waals surface area contributed by atoms with Crippen LogP contribution in [0, 0.1) is 0 Å². The standard InChI is InChI=1S/C20H18F3N5OS/c21-20(22,23)13-4-1-11(2-5-13)7-14(24)9-25-19-26-10-17(30-19)12-3-6-15-16(8-12)28-18(29)27-15/h1-6,8,10,14H,7,9,24H2,(H,25,26)(H2,27,28,29)/t14-/m0/s1. The Bertz CT molecular complexity index is 1210. The van der Waals surface area contributed by atoms with Crippen LogP contribution in [0.1, 0.15) is 11.1 Å². The number of halogens is 3. The van der Waals surface area contributed by atoms with E-state index in [0.717, 1.165) is 39.2 Å². The van der Waals surface area contributed by atoms with Crippen LogP contribution in [0.4, 0.5) is 18.3 Å². The van der Waals surface area contributed by atoms with E-state index < -0.39 is 11.7 Å². The van der Waals surface area contributed by atoms with Crippen molar-refractivity contribution in [1.82, 2.24) is 15.0 Å². The number of thiazole rings is 1. The minimum atomic E-state index is -4.34. The molecule has 2 aromatic carbocycles. The number of alkyl halides is 3. The van der Waals surface area contributed by atoms with Crippen LogP contribution in [0.2, 0.25) is 0 Å². The van der Waals surface area contributed by atoms with E-state index in [-0.39, 0.29) is 11.7 Å². The molecule has 156 valence electrons. The number of aromatic amines is 2. The van der Waals surface area contributed by atoms with Crippen molar-refractivity contribution in [2.45, 2.75) is 18.6 Å². The third-order valence-electron chi connectivity index (χ3n) is 4.60. The third kappa shape index (κ3) is 4.55. The Hall–Kier alpha value is -3.11. The predicted molar refractivity (Wildman–Crippen MR) is 112 cm³/mol. The fraction of sp³-hybridized carbons (Fsp3) is 0.200. The Morgan fingerprint density at radius 3 is 2.57 bits per heavy atom. The second kappa shape index (κ2) is 7.96. The molecule has 10 heteroatoms. The summed E-state index contributed by atoms with van der Waals surface area (Å²) in [6.45, 7) is 0.429. The lowest BCUT2D eigenvalue weighted by Crippen LogP contribution is -2.31. The van der Waals surface area contributed by atoms with Crippen molar-refractivity contribution < 1.29 is 13.2 Å². The summed E-state index contributed by atoms with van der Waals surface area (Å²) in [6, 6.07) is 10.4. The number of nitrogens with zero attached hydrogens (tertiary/aromatic N) is 1.